The highest BCUT2D eigenvalue weighted by molar-refractivity contribution is 5.13. The van der Waals surface area contributed by atoms with Crippen molar-refractivity contribution in [3.63, 3.8) is 0 Å². The fraction of sp³-hybridized carbons (Fsp3) is 0.429. The average molecular weight is 204 g/mol. The zero-order chi connectivity index (χ0) is 10.9. The third-order valence-electron chi connectivity index (χ3n) is 2.31. The van der Waals surface area contributed by atoms with Gasteiger partial charge in [0.15, 0.2) is 0 Å². The minimum absolute atomic E-state index is 0.705. The standard InChI is InChI=1S/C14H20O/c1-3-7-13(2)10-11-15-12-14-8-5-4-6-9-14/h4-6,8-10H,3,7,11-12H2,1-2H3/b13-10+. The van der Waals surface area contributed by atoms with Crippen molar-refractivity contribution in [3.8, 4) is 0 Å². The summed E-state index contributed by atoms with van der Waals surface area (Å²) < 4.78 is 5.56. The van der Waals surface area contributed by atoms with Gasteiger partial charge in [0.05, 0.1) is 13.2 Å². The molecule has 0 atom stereocenters. The number of ether oxygens (including phenoxy) is 1. The SMILES string of the molecule is CCC/C(C)=C/COCc1ccccc1. The van der Waals surface area contributed by atoms with Gasteiger partial charge in [0.2, 0.25) is 0 Å². The van der Waals surface area contributed by atoms with E-state index in [4.69, 9.17) is 4.74 Å². The predicted molar refractivity (Wildman–Crippen MR) is 64.8 cm³/mol. The highest BCUT2D eigenvalue weighted by Crippen LogP contribution is 2.04. The molecule has 0 aliphatic heterocycles. The van der Waals surface area contributed by atoms with Crippen LogP contribution in [0.2, 0.25) is 0 Å². The number of benzene rings is 1. The Morgan fingerprint density at radius 2 is 2.00 bits per heavy atom. The summed E-state index contributed by atoms with van der Waals surface area (Å²) in [5.74, 6) is 0. The van der Waals surface area contributed by atoms with Gasteiger partial charge in [-0.3, -0.25) is 0 Å². The van der Waals surface area contributed by atoms with Gasteiger partial charge in [-0.25, -0.2) is 0 Å². The van der Waals surface area contributed by atoms with Gasteiger partial charge in [0.25, 0.3) is 0 Å². The summed E-state index contributed by atoms with van der Waals surface area (Å²) in [6.07, 6.45) is 4.56. The maximum atomic E-state index is 5.56. The maximum absolute atomic E-state index is 5.56. The van der Waals surface area contributed by atoms with Crippen LogP contribution in [0, 0.1) is 0 Å². The van der Waals surface area contributed by atoms with E-state index in [9.17, 15) is 0 Å². The molecule has 0 aliphatic carbocycles. The summed E-state index contributed by atoms with van der Waals surface area (Å²) in [4.78, 5) is 0. The molecule has 0 saturated carbocycles. The van der Waals surface area contributed by atoms with Crippen LogP contribution in [0.1, 0.15) is 32.3 Å². The summed E-state index contributed by atoms with van der Waals surface area (Å²) in [5.41, 5.74) is 2.66. The van der Waals surface area contributed by atoms with Gasteiger partial charge in [-0.05, 0) is 18.9 Å². The predicted octanol–water partition coefficient (Wildman–Crippen LogP) is 3.95. The lowest BCUT2D eigenvalue weighted by Gasteiger charge is -2.02. The summed E-state index contributed by atoms with van der Waals surface area (Å²) in [6.45, 7) is 5.79. The van der Waals surface area contributed by atoms with Crippen LogP contribution in [0.3, 0.4) is 0 Å². The smallest absolute Gasteiger partial charge is 0.0721 e. The minimum Gasteiger partial charge on any atom is -0.373 e. The number of rotatable bonds is 6. The molecule has 82 valence electrons. The van der Waals surface area contributed by atoms with Crippen LogP contribution in [0.5, 0.6) is 0 Å². The van der Waals surface area contributed by atoms with Crippen LogP contribution in [0.25, 0.3) is 0 Å². The molecule has 0 fully saturated rings. The van der Waals surface area contributed by atoms with Crippen molar-refractivity contribution in [3.05, 3.63) is 47.5 Å². The lowest BCUT2D eigenvalue weighted by Crippen LogP contribution is -1.93. The molecule has 0 aromatic heterocycles. The van der Waals surface area contributed by atoms with E-state index in [1.807, 2.05) is 18.2 Å². The van der Waals surface area contributed by atoms with E-state index in [0.29, 0.717) is 6.61 Å². The molecule has 15 heavy (non-hydrogen) atoms. The number of allylic oxidation sites excluding steroid dienone is 1. The van der Waals surface area contributed by atoms with Gasteiger partial charge in [0, 0.05) is 0 Å². The Morgan fingerprint density at radius 1 is 1.27 bits per heavy atom. The fourth-order valence-electron chi connectivity index (χ4n) is 1.45. The van der Waals surface area contributed by atoms with E-state index >= 15 is 0 Å². The highest BCUT2D eigenvalue weighted by atomic mass is 16.5. The molecule has 0 radical (unpaired) electrons. The van der Waals surface area contributed by atoms with Crippen LogP contribution in [0.15, 0.2) is 42.0 Å². The first-order valence-corrected chi connectivity index (χ1v) is 5.60. The lowest BCUT2D eigenvalue weighted by molar-refractivity contribution is 0.148. The van der Waals surface area contributed by atoms with Crippen molar-refractivity contribution in [2.24, 2.45) is 0 Å². The molecule has 0 amide bonds. The molecule has 1 nitrogen and oxygen atoms in total. The second-order valence-corrected chi connectivity index (χ2v) is 3.80. The Morgan fingerprint density at radius 3 is 2.67 bits per heavy atom. The third kappa shape index (κ3) is 5.38. The third-order valence-corrected chi connectivity index (χ3v) is 2.31. The van der Waals surface area contributed by atoms with E-state index in [1.54, 1.807) is 0 Å². The van der Waals surface area contributed by atoms with Crippen LogP contribution < -0.4 is 0 Å². The van der Waals surface area contributed by atoms with Crippen LogP contribution in [-0.2, 0) is 11.3 Å². The number of hydrogen-bond donors (Lipinski definition) is 0. The summed E-state index contributed by atoms with van der Waals surface area (Å²) >= 11 is 0. The lowest BCUT2D eigenvalue weighted by atomic mass is 10.2. The molecule has 0 bridgehead atoms. The molecule has 0 spiro atoms. The van der Waals surface area contributed by atoms with E-state index in [1.165, 1.54) is 24.0 Å². The van der Waals surface area contributed by atoms with Crippen molar-refractivity contribution in [1.29, 1.82) is 0 Å². The minimum atomic E-state index is 0.705. The van der Waals surface area contributed by atoms with Gasteiger partial charge in [-0.2, -0.15) is 0 Å². The maximum Gasteiger partial charge on any atom is 0.0721 e. The van der Waals surface area contributed by atoms with E-state index in [2.05, 4.69) is 32.1 Å². The van der Waals surface area contributed by atoms with Gasteiger partial charge in [0.1, 0.15) is 0 Å². The van der Waals surface area contributed by atoms with E-state index < -0.39 is 0 Å². The summed E-state index contributed by atoms with van der Waals surface area (Å²) in [6, 6.07) is 10.3. The molecule has 0 aliphatic rings. The Bertz CT molecular complexity index is 287. The van der Waals surface area contributed by atoms with Crippen molar-refractivity contribution >= 4 is 0 Å². The molecule has 1 heteroatoms. The van der Waals surface area contributed by atoms with Crippen molar-refractivity contribution in [2.75, 3.05) is 6.61 Å². The highest BCUT2D eigenvalue weighted by Gasteiger charge is 1.90. The molecular weight excluding hydrogens is 184 g/mol. The van der Waals surface area contributed by atoms with Gasteiger partial charge in [-0.15, -0.1) is 0 Å². The largest absolute Gasteiger partial charge is 0.373 e. The van der Waals surface area contributed by atoms with Gasteiger partial charge < -0.3 is 4.74 Å². The summed E-state index contributed by atoms with van der Waals surface area (Å²) in [5, 5.41) is 0. The zero-order valence-electron chi connectivity index (χ0n) is 9.70. The number of hydrogen-bond acceptors (Lipinski definition) is 1. The van der Waals surface area contributed by atoms with Crippen LogP contribution in [-0.4, -0.2) is 6.61 Å². The van der Waals surface area contributed by atoms with Crippen molar-refractivity contribution in [1.82, 2.24) is 0 Å². The quantitative estimate of drug-likeness (QED) is 0.503. The monoisotopic (exact) mass is 204 g/mol. The second-order valence-electron chi connectivity index (χ2n) is 3.80. The van der Waals surface area contributed by atoms with Gasteiger partial charge >= 0.3 is 0 Å². The first-order valence-electron chi connectivity index (χ1n) is 5.60. The molecule has 1 rings (SSSR count). The van der Waals surface area contributed by atoms with Crippen molar-refractivity contribution < 1.29 is 4.74 Å². The van der Waals surface area contributed by atoms with Crippen molar-refractivity contribution in [2.45, 2.75) is 33.3 Å². The van der Waals surface area contributed by atoms with E-state index in [0.717, 1.165) is 6.61 Å². The Balaban J connectivity index is 2.20. The van der Waals surface area contributed by atoms with Crippen LogP contribution >= 0.6 is 0 Å². The normalized spacial score (nSPS) is 11.7. The fourth-order valence-corrected chi connectivity index (χ4v) is 1.45. The van der Waals surface area contributed by atoms with Gasteiger partial charge in [-0.1, -0.05) is 55.3 Å². The molecule has 0 heterocycles. The summed E-state index contributed by atoms with van der Waals surface area (Å²) in [7, 11) is 0. The topological polar surface area (TPSA) is 9.23 Å². The van der Waals surface area contributed by atoms with Crippen LogP contribution in [0.4, 0.5) is 0 Å². The second kappa shape index (κ2) is 7.24. The molecule has 0 saturated heterocycles. The Labute approximate surface area is 92.8 Å². The zero-order valence-corrected chi connectivity index (χ0v) is 9.70. The Hall–Kier alpha value is -1.08. The molecule has 0 unspecified atom stereocenters. The molecule has 0 N–H and O–H groups in total. The molecule has 1 aromatic carbocycles. The molecular formula is C14H20O. The first-order chi connectivity index (χ1) is 7.33. The molecule has 1 aromatic rings. The first kappa shape index (κ1) is 12.0. The Kier molecular flexibility index (Phi) is 5.79. The van der Waals surface area contributed by atoms with E-state index in [-0.39, 0.29) is 0 Å². The average Bonchev–Trinajstić information content (AvgIpc) is 2.26.